The second-order valence-electron chi connectivity index (χ2n) is 5.30. The lowest BCUT2D eigenvalue weighted by atomic mass is 10.0. The molecule has 1 aromatic carbocycles. The van der Waals surface area contributed by atoms with E-state index in [0.29, 0.717) is 10.0 Å². The van der Waals surface area contributed by atoms with E-state index >= 15 is 0 Å². The lowest BCUT2D eigenvalue weighted by Crippen LogP contribution is -2.36. The Morgan fingerprint density at radius 2 is 1.95 bits per heavy atom. The van der Waals surface area contributed by atoms with Crippen molar-refractivity contribution in [1.29, 1.82) is 0 Å². The summed E-state index contributed by atoms with van der Waals surface area (Å²) < 4.78 is 13.6. The number of benzene rings is 1. The van der Waals surface area contributed by atoms with Gasteiger partial charge in [-0.1, -0.05) is 31.7 Å². The predicted octanol–water partition coefficient (Wildman–Crippen LogP) is 4.03. The van der Waals surface area contributed by atoms with Crippen molar-refractivity contribution in [3.05, 3.63) is 34.1 Å². The van der Waals surface area contributed by atoms with Crippen molar-refractivity contribution in [2.45, 2.75) is 50.6 Å². The Morgan fingerprint density at radius 1 is 1.30 bits per heavy atom. The third-order valence-corrected chi connectivity index (χ3v) is 4.39. The molecule has 1 saturated carbocycles. The Labute approximate surface area is 126 Å². The molecule has 5 heteroatoms. The highest BCUT2D eigenvalue weighted by molar-refractivity contribution is 9.10. The fourth-order valence-electron chi connectivity index (χ4n) is 2.68. The van der Waals surface area contributed by atoms with Gasteiger partial charge in [-0.3, -0.25) is 10.1 Å². The molecule has 1 aliphatic carbocycles. The quantitative estimate of drug-likeness (QED) is 0.811. The summed E-state index contributed by atoms with van der Waals surface area (Å²) in [6.07, 6.45) is 6.72. The number of aliphatic carboxylic acids is 1. The van der Waals surface area contributed by atoms with E-state index in [1.54, 1.807) is 0 Å². The Bertz CT molecular complexity index is 473. The van der Waals surface area contributed by atoms with Gasteiger partial charge in [0.15, 0.2) is 0 Å². The monoisotopic (exact) mass is 343 g/mol. The van der Waals surface area contributed by atoms with Crippen LogP contribution >= 0.6 is 15.9 Å². The second kappa shape index (κ2) is 7.18. The van der Waals surface area contributed by atoms with E-state index < -0.39 is 12.0 Å². The van der Waals surface area contributed by atoms with Crippen LogP contribution in [-0.2, 0) is 4.79 Å². The Balaban J connectivity index is 2.13. The minimum atomic E-state index is -0.923. The van der Waals surface area contributed by atoms with Crippen LogP contribution in [0.15, 0.2) is 22.7 Å². The van der Waals surface area contributed by atoms with Gasteiger partial charge in [0, 0.05) is 6.04 Å². The first-order valence-electron chi connectivity index (χ1n) is 7.01. The molecule has 1 aliphatic rings. The normalized spacial score (nSPS) is 18.5. The molecule has 20 heavy (non-hydrogen) atoms. The highest BCUT2D eigenvalue weighted by atomic mass is 79.9. The van der Waals surface area contributed by atoms with Gasteiger partial charge in [0.2, 0.25) is 0 Å². The first kappa shape index (κ1) is 15.4. The van der Waals surface area contributed by atoms with Crippen LogP contribution in [0.3, 0.4) is 0 Å². The first-order valence-corrected chi connectivity index (χ1v) is 7.81. The van der Waals surface area contributed by atoms with Crippen LogP contribution in [0.25, 0.3) is 0 Å². The van der Waals surface area contributed by atoms with Gasteiger partial charge in [-0.25, -0.2) is 4.39 Å². The third kappa shape index (κ3) is 4.03. The van der Waals surface area contributed by atoms with Crippen LogP contribution < -0.4 is 5.32 Å². The van der Waals surface area contributed by atoms with Crippen molar-refractivity contribution >= 4 is 21.9 Å². The molecule has 3 nitrogen and oxygen atoms in total. The zero-order valence-corrected chi connectivity index (χ0v) is 12.8. The lowest BCUT2D eigenvalue weighted by Gasteiger charge is -2.22. The van der Waals surface area contributed by atoms with Crippen LogP contribution in [-0.4, -0.2) is 17.1 Å². The predicted molar refractivity (Wildman–Crippen MR) is 79.1 cm³/mol. The second-order valence-corrected chi connectivity index (χ2v) is 6.15. The van der Waals surface area contributed by atoms with Crippen molar-refractivity contribution in [3.63, 3.8) is 0 Å². The van der Waals surface area contributed by atoms with E-state index in [0.717, 1.165) is 25.7 Å². The molecular formula is C15H19BrFNO2. The number of nitrogens with one attached hydrogen (secondary N) is 1. The lowest BCUT2D eigenvalue weighted by molar-refractivity contribution is -0.140. The van der Waals surface area contributed by atoms with Crippen molar-refractivity contribution in [2.24, 2.45) is 0 Å². The molecule has 0 aliphatic heterocycles. The summed E-state index contributed by atoms with van der Waals surface area (Å²) in [6, 6.07) is 3.81. The van der Waals surface area contributed by atoms with Crippen molar-refractivity contribution < 1.29 is 14.3 Å². The number of carboxylic acid groups (broad SMARTS) is 1. The molecule has 0 bridgehead atoms. The Morgan fingerprint density at radius 3 is 2.50 bits per heavy atom. The zero-order chi connectivity index (χ0) is 14.5. The van der Waals surface area contributed by atoms with Crippen molar-refractivity contribution in [3.8, 4) is 0 Å². The van der Waals surface area contributed by atoms with E-state index in [1.807, 2.05) is 0 Å². The molecule has 0 saturated heterocycles. The molecule has 1 unspecified atom stereocenters. The number of hydrogen-bond donors (Lipinski definition) is 2. The number of halogens is 2. The van der Waals surface area contributed by atoms with Gasteiger partial charge in [0.1, 0.15) is 11.9 Å². The van der Waals surface area contributed by atoms with Gasteiger partial charge in [-0.15, -0.1) is 0 Å². The number of carbonyl (C=O) groups is 1. The summed E-state index contributed by atoms with van der Waals surface area (Å²) in [5, 5.41) is 12.6. The molecule has 1 fully saturated rings. The summed E-state index contributed by atoms with van der Waals surface area (Å²) in [5.74, 6) is -1.31. The van der Waals surface area contributed by atoms with E-state index in [9.17, 15) is 14.3 Å². The SMILES string of the molecule is O=C(O)C(NC1CCCCCC1)c1ccc(F)c(Br)c1. The maximum absolute atomic E-state index is 13.3. The maximum atomic E-state index is 13.3. The van der Waals surface area contributed by atoms with Crippen LogP contribution in [0.4, 0.5) is 4.39 Å². The standard InChI is InChI=1S/C15H19BrFNO2/c16-12-9-10(7-8-13(12)17)14(15(19)20)18-11-5-3-1-2-4-6-11/h7-9,11,14,18H,1-6H2,(H,19,20). The average Bonchev–Trinajstić information content (AvgIpc) is 2.67. The molecule has 0 amide bonds. The summed E-state index contributed by atoms with van der Waals surface area (Å²) in [6.45, 7) is 0. The van der Waals surface area contributed by atoms with Gasteiger partial charge >= 0.3 is 5.97 Å². The topological polar surface area (TPSA) is 49.3 Å². The number of hydrogen-bond acceptors (Lipinski definition) is 2. The van der Waals surface area contributed by atoms with Gasteiger partial charge < -0.3 is 5.11 Å². The first-order chi connectivity index (χ1) is 9.58. The summed E-state index contributed by atoms with van der Waals surface area (Å²) in [5.41, 5.74) is 0.579. The van der Waals surface area contributed by atoms with Crippen LogP contribution in [0.2, 0.25) is 0 Å². The zero-order valence-electron chi connectivity index (χ0n) is 11.2. The minimum Gasteiger partial charge on any atom is -0.480 e. The van der Waals surface area contributed by atoms with Gasteiger partial charge in [-0.05, 0) is 46.5 Å². The van der Waals surface area contributed by atoms with E-state index in [4.69, 9.17) is 0 Å². The molecular weight excluding hydrogens is 325 g/mol. The van der Waals surface area contributed by atoms with Gasteiger partial charge in [-0.2, -0.15) is 0 Å². The highest BCUT2D eigenvalue weighted by Gasteiger charge is 2.24. The molecule has 1 aromatic rings. The molecule has 2 rings (SSSR count). The average molecular weight is 344 g/mol. The molecule has 0 aromatic heterocycles. The van der Waals surface area contributed by atoms with E-state index in [2.05, 4.69) is 21.2 Å². The largest absolute Gasteiger partial charge is 0.480 e. The van der Waals surface area contributed by atoms with Crippen molar-refractivity contribution in [2.75, 3.05) is 0 Å². The van der Waals surface area contributed by atoms with Gasteiger partial charge in [0.05, 0.1) is 4.47 Å². The molecule has 110 valence electrons. The highest BCUT2D eigenvalue weighted by Crippen LogP contribution is 2.24. The Hall–Kier alpha value is -0.940. The third-order valence-electron chi connectivity index (χ3n) is 3.78. The fraction of sp³-hybridized carbons (Fsp3) is 0.533. The molecule has 0 radical (unpaired) electrons. The summed E-state index contributed by atoms with van der Waals surface area (Å²) >= 11 is 3.11. The van der Waals surface area contributed by atoms with E-state index in [1.165, 1.54) is 31.0 Å². The molecule has 0 heterocycles. The number of carboxylic acids is 1. The van der Waals surface area contributed by atoms with Crippen LogP contribution in [0.1, 0.15) is 50.1 Å². The molecule has 0 spiro atoms. The number of rotatable bonds is 4. The van der Waals surface area contributed by atoms with Crippen LogP contribution in [0.5, 0.6) is 0 Å². The molecule has 2 N–H and O–H groups in total. The maximum Gasteiger partial charge on any atom is 0.325 e. The minimum absolute atomic E-state index is 0.224. The van der Waals surface area contributed by atoms with Gasteiger partial charge in [0.25, 0.3) is 0 Å². The Kier molecular flexibility index (Phi) is 5.54. The smallest absolute Gasteiger partial charge is 0.325 e. The van der Waals surface area contributed by atoms with Crippen molar-refractivity contribution in [1.82, 2.24) is 5.32 Å². The molecule has 1 atom stereocenters. The van der Waals surface area contributed by atoms with E-state index in [-0.39, 0.29) is 11.9 Å². The fourth-order valence-corrected chi connectivity index (χ4v) is 3.08. The van der Waals surface area contributed by atoms with Crippen LogP contribution in [0, 0.1) is 5.82 Å². The summed E-state index contributed by atoms with van der Waals surface area (Å²) in [4.78, 5) is 11.5. The summed E-state index contributed by atoms with van der Waals surface area (Å²) in [7, 11) is 0.